The van der Waals surface area contributed by atoms with E-state index in [0.717, 1.165) is 4.57 Å². The van der Waals surface area contributed by atoms with Crippen molar-refractivity contribution in [2.45, 2.75) is 30.9 Å². The van der Waals surface area contributed by atoms with Crippen molar-refractivity contribution < 1.29 is 14.9 Å². The van der Waals surface area contributed by atoms with E-state index < -0.39 is 36.3 Å². The third kappa shape index (κ3) is 2.50. The van der Waals surface area contributed by atoms with Crippen molar-refractivity contribution in [3.8, 4) is 11.3 Å². The van der Waals surface area contributed by atoms with E-state index in [9.17, 15) is 15.0 Å². The van der Waals surface area contributed by atoms with Gasteiger partial charge in [0.2, 0.25) is 0 Å². The Kier molecular flexibility index (Phi) is 4.22. The van der Waals surface area contributed by atoms with E-state index in [2.05, 4.69) is 16.3 Å². The Balaban J connectivity index is 2.61. The average Bonchev–Trinajstić information content (AvgIpc) is 2.63. The number of aromatic nitrogens is 2. The van der Waals surface area contributed by atoms with Gasteiger partial charge in [0.05, 0.1) is 6.61 Å². The Morgan fingerprint density at radius 1 is 1.67 bits per heavy atom. The van der Waals surface area contributed by atoms with E-state index >= 15 is 0 Å². The van der Waals surface area contributed by atoms with Crippen molar-refractivity contribution >= 4 is 17.4 Å². The molecule has 0 spiro atoms. The summed E-state index contributed by atoms with van der Waals surface area (Å²) in [6, 6.07) is 1.46. The molecule has 9 heteroatoms. The number of nitrogens with zero attached hydrogens (tertiary/aromatic N) is 2. The van der Waals surface area contributed by atoms with Gasteiger partial charge in [0.1, 0.15) is 18.0 Å². The number of hydrogen-bond donors (Lipinski definition) is 4. The van der Waals surface area contributed by atoms with Crippen LogP contribution < -0.4 is 17.2 Å². The van der Waals surface area contributed by atoms with Gasteiger partial charge in [0.15, 0.2) is 11.8 Å². The highest BCUT2D eigenvalue weighted by Gasteiger charge is 2.54. The lowest BCUT2D eigenvalue weighted by Gasteiger charge is -2.28. The first-order chi connectivity index (χ1) is 9.85. The first-order valence-electron chi connectivity index (χ1n) is 6.07. The summed E-state index contributed by atoms with van der Waals surface area (Å²) in [5, 5.41) is 21.5. The number of aryl methyl sites for hydroxylation is 1. The van der Waals surface area contributed by atoms with Gasteiger partial charge < -0.3 is 26.4 Å². The molecule has 0 bridgehead atoms. The van der Waals surface area contributed by atoms with Gasteiger partial charge in [-0.2, -0.15) is 4.98 Å². The highest BCUT2D eigenvalue weighted by molar-refractivity contribution is 6.30. The molecule has 0 radical (unpaired) electrons. The van der Waals surface area contributed by atoms with E-state index in [0.29, 0.717) is 5.69 Å². The number of halogens is 1. The zero-order valence-corrected chi connectivity index (χ0v) is 11.9. The van der Waals surface area contributed by atoms with Crippen LogP contribution in [0.25, 0.3) is 0 Å². The second-order valence-corrected chi connectivity index (χ2v) is 4.97. The summed E-state index contributed by atoms with van der Waals surface area (Å²) in [6.45, 7) is 1.12. The molecule has 21 heavy (non-hydrogen) atoms. The first-order valence-corrected chi connectivity index (χ1v) is 6.44. The molecule has 114 valence electrons. The summed E-state index contributed by atoms with van der Waals surface area (Å²) in [5.74, 6) is 2.49. The van der Waals surface area contributed by atoms with Crippen LogP contribution in [0.5, 0.6) is 0 Å². The molecule has 2 heterocycles. The van der Waals surface area contributed by atoms with Crippen molar-refractivity contribution in [2.24, 2.45) is 5.73 Å². The lowest BCUT2D eigenvalue weighted by molar-refractivity contribution is -0.0483. The van der Waals surface area contributed by atoms with Crippen LogP contribution in [-0.4, -0.2) is 44.1 Å². The summed E-state index contributed by atoms with van der Waals surface area (Å²) in [7, 11) is 0. The maximum absolute atomic E-state index is 12.1. The average molecular weight is 315 g/mol. The SMILES string of the molecule is Cc1cc(N)nc(=O)n1[C@@H]1O[C@H](CO)C(O)[C@]1(N)C#CCl. The summed E-state index contributed by atoms with van der Waals surface area (Å²) in [4.78, 5) is 15.7. The molecule has 1 saturated heterocycles. The van der Waals surface area contributed by atoms with Gasteiger partial charge in [-0.05, 0) is 24.6 Å². The molecule has 1 fully saturated rings. The smallest absolute Gasteiger partial charge is 0.351 e. The quantitative estimate of drug-likeness (QED) is 0.477. The summed E-state index contributed by atoms with van der Waals surface area (Å²) in [5.41, 5.74) is 9.63. The normalized spacial score (nSPS) is 31.8. The molecule has 1 aromatic rings. The fourth-order valence-corrected chi connectivity index (χ4v) is 2.52. The monoisotopic (exact) mass is 314 g/mol. The Labute approximate surface area is 125 Å². The van der Waals surface area contributed by atoms with Crippen molar-refractivity contribution in [3.05, 3.63) is 22.2 Å². The molecule has 1 unspecified atom stereocenters. The number of ether oxygens (including phenoxy) is 1. The van der Waals surface area contributed by atoms with Gasteiger partial charge in [-0.3, -0.25) is 4.57 Å². The second-order valence-electron chi connectivity index (χ2n) is 4.78. The maximum atomic E-state index is 12.1. The molecule has 1 aliphatic rings. The summed E-state index contributed by atoms with van der Waals surface area (Å²) >= 11 is 5.39. The van der Waals surface area contributed by atoms with E-state index in [4.69, 9.17) is 27.8 Å². The third-order valence-corrected chi connectivity index (χ3v) is 3.49. The minimum atomic E-state index is -1.67. The molecule has 1 aliphatic heterocycles. The van der Waals surface area contributed by atoms with Gasteiger partial charge in [-0.1, -0.05) is 5.92 Å². The van der Waals surface area contributed by atoms with Crippen LogP contribution in [0.15, 0.2) is 10.9 Å². The van der Waals surface area contributed by atoms with Gasteiger partial charge >= 0.3 is 5.69 Å². The van der Waals surface area contributed by atoms with Gasteiger partial charge in [0.25, 0.3) is 0 Å². The fourth-order valence-electron chi connectivity index (χ4n) is 2.36. The van der Waals surface area contributed by atoms with Crippen LogP contribution in [-0.2, 0) is 4.74 Å². The number of aliphatic hydroxyl groups excluding tert-OH is 2. The maximum Gasteiger partial charge on any atom is 0.351 e. The molecule has 0 saturated carbocycles. The van der Waals surface area contributed by atoms with Crippen LogP contribution >= 0.6 is 11.6 Å². The predicted molar refractivity (Wildman–Crippen MR) is 75.2 cm³/mol. The number of rotatable bonds is 2. The molecule has 2 rings (SSSR count). The number of hydrogen-bond acceptors (Lipinski definition) is 7. The molecular formula is C12H15ClN4O4. The number of aliphatic hydroxyl groups is 2. The first kappa shape index (κ1) is 15.8. The van der Waals surface area contributed by atoms with Crippen LogP contribution in [0.4, 0.5) is 5.82 Å². The minimum absolute atomic E-state index is 0.0528. The van der Waals surface area contributed by atoms with Gasteiger partial charge in [-0.15, -0.1) is 0 Å². The highest BCUT2D eigenvalue weighted by Crippen LogP contribution is 2.36. The van der Waals surface area contributed by atoms with Crippen molar-refractivity contribution in [1.82, 2.24) is 9.55 Å². The zero-order valence-electron chi connectivity index (χ0n) is 11.2. The Morgan fingerprint density at radius 2 is 2.33 bits per heavy atom. The van der Waals surface area contributed by atoms with Crippen molar-refractivity contribution in [3.63, 3.8) is 0 Å². The summed E-state index contributed by atoms with van der Waals surface area (Å²) < 4.78 is 6.60. The topological polar surface area (TPSA) is 137 Å². The number of nitrogens with two attached hydrogens (primary N) is 2. The fraction of sp³-hybridized carbons (Fsp3) is 0.500. The minimum Gasteiger partial charge on any atom is -0.394 e. The van der Waals surface area contributed by atoms with Crippen molar-refractivity contribution in [2.75, 3.05) is 12.3 Å². The molecule has 0 aromatic carbocycles. The standard InChI is InChI=1S/C12H15ClN4O4/c1-6-4-8(14)16-11(20)17(6)10-12(15,2-3-13)9(19)7(5-18)21-10/h4,7,9-10,18-19H,5,15H2,1H3,(H2,14,16,20)/t7-,9?,10-,12-/m1/s1. The van der Waals surface area contributed by atoms with E-state index in [1.807, 2.05) is 0 Å². The lowest BCUT2D eigenvalue weighted by Crippen LogP contribution is -2.55. The largest absolute Gasteiger partial charge is 0.394 e. The third-order valence-electron chi connectivity index (χ3n) is 3.40. The van der Waals surface area contributed by atoms with Crippen LogP contribution in [0.1, 0.15) is 11.9 Å². The van der Waals surface area contributed by atoms with Gasteiger partial charge in [0, 0.05) is 11.1 Å². The highest BCUT2D eigenvalue weighted by atomic mass is 35.5. The van der Waals surface area contributed by atoms with Crippen LogP contribution in [0.2, 0.25) is 0 Å². The summed E-state index contributed by atoms with van der Waals surface area (Å²) in [6.07, 6.45) is -3.49. The van der Waals surface area contributed by atoms with Crippen LogP contribution in [0.3, 0.4) is 0 Å². The van der Waals surface area contributed by atoms with E-state index in [1.54, 1.807) is 6.92 Å². The van der Waals surface area contributed by atoms with Crippen molar-refractivity contribution in [1.29, 1.82) is 0 Å². The molecule has 6 N–H and O–H groups in total. The second kappa shape index (κ2) is 5.63. The number of nitrogen functional groups attached to an aromatic ring is 1. The molecule has 4 atom stereocenters. The molecule has 1 aromatic heterocycles. The van der Waals surface area contributed by atoms with Gasteiger partial charge in [-0.25, -0.2) is 4.79 Å². The van der Waals surface area contributed by atoms with E-state index in [-0.39, 0.29) is 5.82 Å². The lowest BCUT2D eigenvalue weighted by atomic mass is 9.92. The Morgan fingerprint density at radius 3 is 2.86 bits per heavy atom. The zero-order chi connectivity index (χ0) is 15.8. The molecule has 8 nitrogen and oxygen atoms in total. The Hall–Kier alpha value is -1.63. The molecule has 0 amide bonds. The Bertz CT molecular complexity index is 667. The number of anilines is 1. The van der Waals surface area contributed by atoms with Crippen LogP contribution in [0, 0.1) is 18.2 Å². The van der Waals surface area contributed by atoms with E-state index in [1.165, 1.54) is 6.07 Å². The molecular weight excluding hydrogens is 300 g/mol. The molecule has 0 aliphatic carbocycles. The predicted octanol–water partition coefficient (Wildman–Crippen LogP) is -1.72.